The fourth-order valence-electron chi connectivity index (χ4n) is 2.99. The molecule has 1 saturated carbocycles. The Labute approximate surface area is 119 Å². The average molecular weight is 272 g/mol. The summed E-state index contributed by atoms with van der Waals surface area (Å²) in [7, 11) is 0. The topological polar surface area (TPSA) is 49.4 Å². The quantitative estimate of drug-likeness (QED) is 0.913. The van der Waals surface area contributed by atoms with Crippen LogP contribution in [0.3, 0.4) is 0 Å². The van der Waals surface area contributed by atoms with Crippen molar-refractivity contribution in [3.63, 3.8) is 0 Å². The number of nitrogens with zero attached hydrogens (tertiary/aromatic N) is 1. The average Bonchev–Trinajstić information content (AvgIpc) is 2.40. The molecule has 1 saturated heterocycles. The first-order chi connectivity index (χ1) is 9.66. The molecule has 2 amide bonds. The fourth-order valence-corrected chi connectivity index (χ4v) is 2.99. The van der Waals surface area contributed by atoms with Crippen LogP contribution in [0.5, 0.6) is 0 Å². The number of benzene rings is 1. The molecule has 3 rings (SSSR count). The van der Waals surface area contributed by atoms with E-state index < -0.39 is 12.1 Å². The Morgan fingerprint density at radius 2 is 1.90 bits per heavy atom. The van der Waals surface area contributed by atoms with Crippen LogP contribution in [0.2, 0.25) is 0 Å². The third-order valence-electron chi connectivity index (χ3n) is 4.37. The first-order valence-corrected chi connectivity index (χ1v) is 7.32. The minimum atomic E-state index is -0.472. The van der Waals surface area contributed by atoms with Crippen molar-refractivity contribution in [3.05, 3.63) is 35.9 Å². The molecule has 2 atom stereocenters. The normalized spacial score (nSPS) is 27.1. The highest BCUT2D eigenvalue weighted by atomic mass is 16.2. The highest BCUT2D eigenvalue weighted by Crippen LogP contribution is 2.32. The number of amides is 2. The maximum absolute atomic E-state index is 12.4. The summed E-state index contributed by atoms with van der Waals surface area (Å²) in [4.78, 5) is 26.6. The summed E-state index contributed by atoms with van der Waals surface area (Å²) in [5.41, 5.74) is 0.893. The lowest BCUT2D eigenvalue weighted by molar-refractivity contribution is -0.150. The SMILES string of the molecule is CC1NC(=O)C(c2ccccc2)N(CC2CCC2)C1=O. The molecule has 1 aromatic rings. The van der Waals surface area contributed by atoms with Crippen LogP contribution in [0.1, 0.15) is 37.8 Å². The van der Waals surface area contributed by atoms with Crippen LogP contribution < -0.4 is 5.32 Å². The summed E-state index contributed by atoms with van der Waals surface area (Å²) in [6, 6.07) is 8.69. The number of carbonyl (C=O) groups excluding carboxylic acids is 2. The molecule has 2 fully saturated rings. The molecule has 2 unspecified atom stereocenters. The Balaban J connectivity index is 1.89. The molecule has 2 aliphatic rings. The lowest BCUT2D eigenvalue weighted by atomic mass is 9.84. The van der Waals surface area contributed by atoms with Crippen LogP contribution in [-0.4, -0.2) is 29.3 Å². The van der Waals surface area contributed by atoms with Crippen LogP contribution in [0.25, 0.3) is 0 Å². The van der Waals surface area contributed by atoms with Gasteiger partial charge in [-0.3, -0.25) is 9.59 Å². The van der Waals surface area contributed by atoms with Crippen molar-refractivity contribution in [2.45, 2.75) is 38.3 Å². The number of carbonyl (C=O) groups is 2. The van der Waals surface area contributed by atoms with Crippen molar-refractivity contribution in [1.29, 1.82) is 0 Å². The standard InChI is InChI=1S/C16H20N2O2/c1-11-16(20)18(10-12-6-5-7-12)14(15(19)17-11)13-8-3-2-4-9-13/h2-4,8-9,11-12,14H,5-7,10H2,1H3,(H,17,19). The van der Waals surface area contributed by atoms with E-state index in [1.165, 1.54) is 19.3 Å². The van der Waals surface area contributed by atoms with E-state index in [9.17, 15) is 9.59 Å². The van der Waals surface area contributed by atoms with Gasteiger partial charge in [0, 0.05) is 6.54 Å². The lowest BCUT2D eigenvalue weighted by Crippen LogP contribution is -2.59. The van der Waals surface area contributed by atoms with Gasteiger partial charge >= 0.3 is 0 Å². The molecule has 1 aliphatic heterocycles. The molecule has 0 bridgehead atoms. The van der Waals surface area contributed by atoms with Gasteiger partial charge in [0.05, 0.1) is 0 Å². The molecule has 1 heterocycles. The third kappa shape index (κ3) is 2.30. The summed E-state index contributed by atoms with van der Waals surface area (Å²) >= 11 is 0. The highest BCUT2D eigenvalue weighted by Gasteiger charge is 2.40. The summed E-state index contributed by atoms with van der Waals surface area (Å²) in [5.74, 6) is 0.524. The summed E-state index contributed by atoms with van der Waals surface area (Å²) in [5, 5.41) is 2.79. The Hall–Kier alpha value is -1.84. The van der Waals surface area contributed by atoms with Gasteiger partial charge in [0.2, 0.25) is 11.8 Å². The van der Waals surface area contributed by atoms with Crippen LogP contribution in [0.15, 0.2) is 30.3 Å². The minimum Gasteiger partial charge on any atom is -0.342 e. The van der Waals surface area contributed by atoms with Crippen LogP contribution in [-0.2, 0) is 9.59 Å². The summed E-state index contributed by atoms with van der Waals surface area (Å²) < 4.78 is 0. The second-order valence-corrected chi connectivity index (χ2v) is 5.83. The van der Waals surface area contributed by atoms with Crippen LogP contribution in [0, 0.1) is 5.92 Å². The predicted molar refractivity (Wildman–Crippen MR) is 75.8 cm³/mol. The van der Waals surface area contributed by atoms with Gasteiger partial charge in [-0.15, -0.1) is 0 Å². The fraction of sp³-hybridized carbons (Fsp3) is 0.500. The van der Waals surface area contributed by atoms with E-state index in [1.807, 2.05) is 30.3 Å². The van der Waals surface area contributed by atoms with Gasteiger partial charge in [0.15, 0.2) is 0 Å². The molecule has 1 aliphatic carbocycles. The Bertz CT molecular complexity index is 510. The van der Waals surface area contributed by atoms with E-state index in [2.05, 4.69) is 5.32 Å². The predicted octanol–water partition coefficient (Wildman–Crippen LogP) is 1.87. The monoisotopic (exact) mass is 272 g/mol. The number of piperazine rings is 1. The van der Waals surface area contributed by atoms with Crippen molar-refractivity contribution >= 4 is 11.8 Å². The van der Waals surface area contributed by atoms with Crippen LogP contribution >= 0.6 is 0 Å². The van der Waals surface area contributed by atoms with Gasteiger partial charge in [-0.05, 0) is 31.2 Å². The van der Waals surface area contributed by atoms with Gasteiger partial charge in [-0.25, -0.2) is 0 Å². The molecule has 20 heavy (non-hydrogen) atoms. The molecule has 106 valence electrons. The van der Waals surface area contributed by atoms with E-state index in [0.717, 1.165) is 5.56 Å². The third-order valence-corrected chi connectivity index (χ3v) is 4.37. The van der Waals surface area contributed by atoms with Gasteiger partial charge in [-0.1, -0.05) is 36.8 Å². The van der Waals surface area contributed by atoms with Gasteiger partial charge < -0.3 is 10.2 Å². The smallest absolute Gasteiger partial charge is 0.248 e. The van der Waals surface area contributed by atoms with E-state index >= 15 is 0 Å². The Morgan fingerprint density at radius 3 is 2.50 bits per heavy atom. The van der Waals surface area contributed by atoms with Crippen molar-refractivity contribution in [1.82, 2.24) is 10.2 Å². The largest absolute Gasteiger partial charge is 0.342 e. The zero-order chi connectivity index (χ0) is 14.1. The zero-order valence-electron chi connectivity index (χ0n) is 11.7. The summed E-state index contributed by atoms with van der Waals surface area (Å²) in [6.45, 7) is 2.46. The number of nitrogens with one attached hydrogen (secondary N) is 1. The van der Waals surface area contributed by atoms with E-state index in [0.29, 0.717) is 12.5 Å². The van der Waals surface area contributed by atoms with Crippen molar-refractivity contribution in [2.75, 3.05) is 6.54 Å². The van der Waals surface area contributed by atoms with Crippen molar-refractivity contribution in [3.8, 4) is 0 Å². The van der Waals surface area contributed by atoms with E-state index in [4.69, 9.17) is 0 Å². The second-order valence-electron chi connectivity index (χ2n) is 5.83. The van der Waals surface area contributed by atoms with E-state index in [1.54, 1.807) is 11.8 Å². The maximum Gasteiger partial charge on any atom is 0.248 e. The van der Waals surface area contributed by atoms with Crippen LogP contribution in [0.4, 0.5) is 0 Å². The summed E-state index contributed by atoms with van der Waals surface area (Å²) in [6.07, 6.45) is 3.58. The minimum absolute atomic E-state index is 0.0327. The molecular weight excluding hydrogens is 252 g/mol. The highest BCUT2D eigenvalue weighted by molar-refractivity contribution is 5.97. The van der Waals surface area contributed by atoms with Crippen molar-refractivity contribution < 1.29 is 9.59 Å². The lowest BCUT2D eigenvalue weighted by Gasteiger charge is -2.41. The molecule has 4 nitrogen and oxygen atoms in total. The molecule has 4 heteroatoms. The number of rotatable bonds is 3. The zero-order valence-corrected chi connectivity index (χ0v) is 11.7. The van der Waals surface area contributed by atoms with E-state index in [-0.39, 0.29) is 11.8 Å². The Kier molecular flexibility index (Phi) is 3.47. The molecule has 0 radical (unpaired) electrons. The number of hydrogen-bond donors (Lipinski definition) is 1. The van der Waals surface area contributed by atoms with Gasteiger partial charge in [0.1, 0.15) is 12.1 Å². The van der Waals surface area contributed by atoms with Crippen molar-refractivity contribution in [2.24, 2.45) is 5.92 Å². The molecule has 1 aromatic carbocycles. The molecule has 1 N–H and O–H groups in total. The maximum atomic E-state index is 12.4. The number of hydrogen-bond acceptors (Lipinski definition) is 2. The molecular formula is C16H20N2O2. The molecule has 0 spiro atoms. The van der Waals surface area contributed by atoms with Gasteiger partial charge in [0.25, 0.3) is 0 Å². The first kappa shape index (κ1) is 13.2. The van der Waals surface area contributed by atoms with Gasteiger partial charge in [-0.2, -0.15) is 0 Å². The molecule has 0 aromatic heterocycles. The Morgan fingerprint density at radius 1 is 1.20 bits per heavy atom. The second kappa shape index (κ2) is 5.27. The first-order valence-electron chi connectivity index (χ1n) is 7.32.